The van der Waals surface area contributed by atoms with Gasteiger partial charge in [-0.05, 0) is 17.8 Å². The average Bonchev–Trinajstić information content (AvgIpc) is 1.79. The van der Waals surface area contributed by atoms with Crippen molar-refractivity contribution in [2.24, 2.45) is 11.3 Å². The van der Waals surface area contributed by atoms with Crippen molar-refractivity contribution in [3.05, 3.63) is 0 Å². The predicted molar refractivity (Wildman–Crippen MR) is 52.6 cm³/mol. The molecule has 0 N–H and O–H groups in total. The Morgan fingerprint density at radius 2 is 1.73 bits per heavy atom. The molecule has 0 spiro atoms. The first-order chi connectivity index (χ1) is 6.02. The largest absolute Gasteiger partial charge is 1.00 e. The molecule has 0 amide bonds. The summed E-state index contributed by atoms with van der Waals surface area (Å²) in [7, 11) is -4.74. The van der Waals surface area contributed by atoms with Crippen LogP contribution in [0.4, 0.5) is 0 Å². The smallest absolute Gasteiger partial charge is 0.742 e. The van der Waals surface area contributed by atoms with E-state index in [0.29, 0.717) is 6.42 Å². The Morgan fingerprint density at radius 1 is 1.33 bits per heavy atom. The molecule has 1 atom stereocenters. The summed E-state index contributed by atoms with van der Waals surface area (Å²) < 4.78 is 31.0. The minimum Gasteiger partial charge on any atom is -0.742 e. The van der Waals surface area contributed by atoms with Gasteiger partial charge in [0, 0.05) is 6.42 Å². The van der Waals surface area contributed by atoms with Crippen molar-refractivity contribution in [1.82, 2.24) is 0 Å². The third kappa shape index (κ3) is 9.51. The zero-order valence-corrected chi connectivity index (χ0v) is 12.8. The van der Waals surface area contributed by atoms with E-state index in [2.05, 4.69) is 0 Å². The summed E-state index contributed by atoms with van der Waals surface area (Å²) in [5.41, 5.74) is 0.0341. The topological polar surface area (TPSA) is 74.3 Å². The first kappa shape index (κ1) is 18.0. The quantitative estimate of drug-likeness (QED) is 0.448. The molecule has 0 aromatic rings. The second kappa shape index (κ2) is 6.35. The standard InChI is InChI=1S/C9H18O4S.Na/c1-7(6-9(2,3)4)5-8(10)14(11,12)13;/h7H,5-6H2,1-4H3,(H,11,12,13);/q;+1/p-1. The second-order valence-corrected chi connectivity index (χ2v) is 6.26. The molecule has 6 heteroatoms. The van der Waals surface area contributed by atoms with Gasteiger partial charge in [-0.25, -0.2) is 8.42 Å². The molecule has 0 aromatic heterocycles. The van der Waals surface area contributed by atoms with Crippen LogP contribution >= 0.6 is 0 Å². The van der Waals surface area contributed by atoms with E-state index in [1.54, 1.807) is 6.92 Å². The Bertz CT molecular complexity index is 303. The summed E-state index contributed by atoms with van der Waals surface area (Å²) >= 11 is 0. The van der Waals surface area contributed by atoms with Crippen molar-refractivity contribution in [2.45, 2.75) is 40.5 Å². The maximum atomic E-state index is 10.9. The summed E-state index contributed by atoms with van der Waals surface area (Å²) in [6, 6.07) is 0. The van der Waals surface area contributed by atoms with Gasteiger partial charge in [0.1, 0.15) is 0 Å². The van der Waals surface area contributed by atoms with E-state index in [9.17, 15) is 17.8 Å². The fourth-order valence-electron chi connectivity index (χ4n) is 1.50. The SMILES string of the molecule is CC(CC(=O)S(=O)(=O)[O-])CC(C)(C)C.[Na+]. The van der Waals surface area contributed by atoms with E-state index in [0.717, 1.165) is 0 Å². The van der Waals surface area contributed by atoms with Gasteiger partial charge in [0.05, 0.1) is 0 Å². The van der Waals surface area contributed by atoms with E-state index >= 15 is 0 Å². The molecule has 0 heterocycles. The number of hydrogen-bond donors (Lipinski definition) is 0. The van der Waals surface area contributed by atoms with Crippen LogP contribution in [0, 0.1) is 11.3 Å². The van der Waals surface area contributed by atoms with Gasteiger partial charge in [0.2, 0.25) is 5.12 Å². The Labute approximate surface area is 114 Å². The average molecular weight is 244 g/mol. The molecule has 15 heavy (non-hydrogen) atoms. The van der Waals surface area contributed by atoms with Crippen LogP contribution < -0.4 is 29.6 Å². The third-order valence-corrected chi connectivity index (χ3v) is 2.48. The minimum atomic E-state index is -4.74. The maximum Gasteiger partial charge on any atom is 1.00 e. The van der Waals surface area contributed by atoms with Crippen molar-refractivity contribution in [1.29, 1.82) is 0 Å². The Hall–Kier alpha value is 0.580. The van der Waals surface area contributed by atoms with Crippen LogP contribution in [0.5, 0.6) is 0 Å². The summed E-state index contributed by atoms with van der Waals surface area (Å²) in [4.78, 5) is 10.9. The fourth-order valence-corrected chi connectivity index (χ4v) is 1.99. The van der Waals surface area contributed by atoms with Crippen molar-refractivity contribution < 1.29 is 47.3 Å². The zero-order valence-electron chi connectivity index (χ0n) is 10.0. The van der Waals surface area contributed by atoms with E-state index in [-0.39, 0.29) is 47.3 Å². The van der Waals surface area contributed by atoms with Crippen LogP contribution in [-0.2, 0) is 14.9 Å². The molecule has 0 aliphatic rings. The van der Waals surface area contributed by atoms with Gasteiger partial charge in [-0.15, -0.1) is 0 Å². The molecule has 84 valence electrons. The summed E-state index contributed by atoms with van der Waals surface area (Å²) in [5.74, 6) is -0.0776. The van der Waals surface area contributed by atoms with E-state index in [1.807, 2.05) is 20.8 Å². The third-order valence-electron chi connectivity index (χ3n) is 1.75. The molecule has 0 aromatic carbocycles. The van der Waals surface area contributed by atoms with Crippen LogP contribution in [0.3, 0.4) is 0 Å². The molecule has 0 radical (unpaired) electrons. The first-order valence-electron chi connectivity index (χ1n) is 4.51. The number of carbonyl (C=O) groups excluding carboxylic acids is 1. The van der Waals surface area contributed by atoms with Gasteiger partial charge in [-0.2, -0.15) is 0 Å². The van der Waals surface area contributed by atoms with Gasteiger partial charge in [-0.3, -0.25) is 4.79 Å². The van der Waals surface area contributed by atoms with Crippen molar-refractivity contribution >= 4 is 15.2 Å². The predicted octanol–water partition coefficient (Wildman–Crippen LogP) is -1.48. The van der Waals surface area contributed by atoms with Crippen molar-refractivity contribution in [3.63, 3.8) is 0 Å². The van der Waals surface area contributed by atoms with Crippen LogP contribution in [0.2, 0.25) is 0 Å². The van der Waals surface area contributed by atoms with Crippen LogP contribution in [0.25, 0.3) is 0 Å². The molecule has 0 saturated carbocycles. The molecule has 4 nitrogen and oxygen atoms in total. The van der Waals surface area contributed by atoms with E-state index in [4.69, 9.17) is 0 Å². The second-order valence-electron chi connectivity index (χ2n) is 4.90. The molecular formula is C9H17NaO4S. The summed E-state index contributed by atoms with van der Waals surface area (Å²) in [6.45, 7) is 7.77. The van der Waals surface area contributed by atoms with Crippen LogP contribution in [0.1, 0.15) is 40.5 Å². The van der Waals surface area contributed by atoms with Gasteiger partial charge in [0.25, 0.3) is 0 Å². The molecular weight excluding hydrogens is 227 g/mol. The molecule has 0 aliphatic carbocycles. The maximum absolute atomic E-state index is 10.9. The number of carbonyl (C=O) groups is 1. The Balaban J connectivity index is 0. The van der Waals surface area contributed by atoms with Gasteiger partial charge in [0.15, 0.2) is 10.1 Å². The van der Waals surface area contributed by atoms with Crippen LogP contribution in [-0.4, -0.2) is 18.1 Å². The van der Waals surface area contributed by atoms with Gasteiger partial charge < -0.3 is 4.55 Å². The van der Waals surface area contributed by atoms with Crippen LogP contribution in [0.15, 0.2) is 0 Å². The van der Waals surface area contributed by atoms with Crippen molar-refractivity contribution in [2.75, 3.05) is 0 Å². The molecule has 0 rings (SSSR count). The number of hydrogen-bond acceptors (Lipinski definition) is 4. The normalized spacial score (nSPS) is 14.2. The van der Waals surface area contributed by atoms with E-state index in [1.165, 1.54) is 0 Å². The monoisotopic (exact) mass is 244 g/mol. The molecule has 0 fully saturated rings. The summed E-state index contributed by atoms with van der Waals surface area (Å²) in [5, 5.41) is -1.20. The fraction of sp³-hybridized carbons (Fsp3) is 0.889. The van der Waals surface area contributed by atoms with E-state index < -0.39 is 15.2 Å². The summed E-state index contributed by atoms with van der Waals surface area (Å²) in [6.07, 6.45) is 0.539. The zero-order chi connectivity index (χ0) is 11.6. The van der Waals surface area contributed by atoms with Crippen molar-refractivity contribution in [3.8, 4) is 0 Å². The van der Waals surface area contributed by atoms with Gasteiger partial charge in [-0.1, -0.05) is 27.7 Å². The minimum absolute atomic E-state index is 0. The molecule has 0 bridgehead atoms. The van der Waals surface area contributed by atoms with Gasteiger partial charge >= 0.3 is 29.6 Å². The first-order valence-corrected chi connectivity index (χ1v) is 5.92. The Morgan fingerprint density at radius 3 is 2.00 bits per heavy atom. The number of rotatable bonds is 3. The molecule has 0 saturated heterocycles. The Kier molecular flexibility index (Phi) is 7.60. The molecule has 1 unspecified atom stereocenters. The molecule has 0 aliphatic heterocycles.